The number of hydrogen-bond donors (Lipinski definition) is 1. The van der Waals surface area contributed by atoms with Crippen LogP contribution in [-0.2, 0) is 14.8 Å². The number of aromatic nitrogens is 2. The molecule has 0 aliphatic heterocycles. The zero-order valence-electron chi connectivity index (χ0n) is 15.1. The minimum atomic E-state index is -3.88. The fourth-order valence-corrected chi connectivity index (χ4v) is 4.47. The Morgan fingerprint density at radius 1 is 1.07 bits per heavy atom. The lowest BCUT2D eigenvalue weighted by atomic mass is 10.3. The number of anilines is 2. The summed E-state index contributed by atoms with van der Waals surface area (Å²) in [6.45, 7) is 1.59. The highest BCUT2D eigenvalue weighted by Crippen LogP contribution is 2.26. The van der Waals surface area contributed by atoms with Crippen LogP contribution in [-0.4, -0.2) is 37.7 Å². The normalized spacial score (nSPS) is 12.2. The molecule has 8 nitrogen and oxygen atoms in total. The SMILES string of the molecule is C[C@H](Oc1ccccc1)C(=O)Nc1nnc(S(=O)(=O)N(C)c2ccccc2)s1. The van der Waals surface area contributed by atoms with Crippen molar-refractivity contribution in [1.29, 1.82) is 0 Å². The number of nitrogens with zero attached hydrogens (tertiary/aromatic N) is 3. The lowest BCUT2D eigenvalue weighted by Gasteiger charge is -2.17. The fourth-order valence-electron chi connectivity index (χ4n) is 2.22. The highest BCUT2D eigenvalue weighted by Gasteiger charge is 2.27. The van der Waals surface area contributed by atoms with Gasteiger partial charge in [-0.2, -0.15) is 8.42 Å². The number of amides is 1. The molecule has 1 atom stereocenters. The number of para-hydroxylation sites is 2. The molecule has 1 N–H and O–H groups in total. The summed E-state index contributed by atoms with van der Waals surface area (Å²) < 4.78 is 31.8. The topological polar surface area (TPSA) is 101 Å². The van der Waals surface area contributed by atoms with Gasteiger partial charge in [0.2, 0.25) is 5.13 Å². The molecular formula is C18H18N4O4S2. The molecule has 0 aliphatic carbocycles. The van der Waals surface area contributed by atoms with Gasteiger partial charge in [-0.05, 0) is 31.2 Å². The van der Waals surface area contributed by atoms with E-state index in [0.29, 0.717) is 11.4 Å². The second kappa shape index (κ2) is 8.36. The lowest BCUT2D eigenvalue weighted by molar-refractivity contribution is -0.122. The average molecular weight is 419 g/mol. The van der Waals surface area contributed by atoms with E-state index in [-0.39, 0.29) is 9.47 Å². The fraction of sp³-hybridized carbons (Fsp3) is 0.167. The lowest BCUT2D eigenvalue weighted by Crippen LogP contribution is -2.30. The van der Waals surface area contributed by atoms with E-state index in [4.69, 9.17) is 4.74 Å². The van der Waals surface area contributed by atoms with Gasteiger partial charge in [0.1, 0.15) is 5.75 Å². The van der Waals surface area contributed by atoms with Crippen LogP contribution in [0.25, 0.3) is 0 Å². The highest BCUT2D eigenvalue weighted by molar-refractivity contribution is 7.94. The van der Waals surface area contributed by atoms with Crippen molar-refractivity contribution >= 4 is 38.1 Å². The number of carbonyl (C=O) groups excluding carboxylic acids is 1. The van der Waals surface area contributed by atoms with Crippen LogP contribution < -0.4 is 14.4 Å². The molecule has 1 heterocycles. The summed E-state index contributed by atoms with van der Waals surface area (Å²) in [5, 5.41) is 10.1. The Bertz CT molecular complexity index is 1040. The van der Waals surface area contributed by atoms with Crippen molar-refractivity contribution in [2.24, 2.45) is 0 Å². The second-order valence-electron chi connectivity index (χ2n) is 5.74. The number of sulfonamides is 1. The van der Waals surface area contributed by atoms with Crippen molar-refractivity contribution in [3.8, 4) is 5.75 Å². The molecule has 0 aliphatic rings. The van der Waals surface area contributed by atoms with Crippen LogP contribution in [0, 0.1) is 0 Å². The monoisotopic (exact) mass is 418 g/mol. The minimum Gasteiger partial charge on any atom is -0.481 e. The summed E-state index contributed by atoms with van der Waals surface area (Å²) in [5.41, 5.74) is 0.494. The number of hydrogen-bond acceptors (Lipinski definition) is 7. The van der Waals surface area contributed by atoms with E-state index >= 15 is 0 Å². The van der Waals surface area contributed by atoms with Gasteiger partial charge in [0.15, 0.2) is 6.10 Å². The third-order valence-corrected chi connectivity index (χ3v) is 6.73. The van der Waals surface area contributed by atoms with Gasteiger partial charge in [-0.3, -0.25) is 14.4 Å². The molecule has 0 saturated carbocycles. The Kier molecular flexibility index (Phi) is 5.90. The van der Waals surface area contributed by atoms with Gasteiger partial charge in [-0.1, -0.05) is 47.7 Å². The summed E-state index contributed by atoms with van der Waals surface area (Å²) in [6.07, 6.45) is -0.793. The number of ether oxygens (including phenoxy) is 1. The average Bonchev–Trinajstić information content (AvgIpc) is 3.18. The maximum absolute atomic E-state index is 12.7. The quantitative estimate of drug-likeness (QED) is 0.592. The number of rotatable bonds is 7. The third kappa shape index (κ3) is 4.46. The Labute approximate surface area is 166 Å². The maximum Gasteiger partial charge on any atom is 0.293 e. The van der Waals surface area contributed by atoms with E-state index in [9.17, 15) is 13.2 Å². The van der Waals surface area contributed by atoms with Crippen LogP contribution in [0.2, 0.25) is 0 Å². The molecule has 0 unspecified atom stereocenters. The summed E-state index contributed by atoms with van der Waals surface area (Å²) in [4.78, 5) is 12.3. The Morgan fingerprint density at radius 2 is 1.68 bits per heavy atom. The van der Waals surface area contributed by atoms with Gasteiger partial charge < -0.3 is 4.74 Å². The standard InChI is InChI=1S/C18H18N4O4S2/c1-13(26-15-11-7-4-8-12-15)16(23)19-17-20-21-18(27-17)28(24,25)22(2)14-9-5-3-6-10-14/h3-13H,1-2H3,(H,19,20,23)/t13-/m0/s1. The van der Waals surface area contributed by atoms with Gasteiger partial charge in [0.05, 0.1) is 5.69 Å². The van der Waals surface area contributed by atoms with Crippen molar-refractivity contribution in [3.63, 3.8) is 0 Å². The highest BCUT2D eigenvalue weighted by atomic mass is 32.2. The number of carbonyl (C=O) groups is 1. The first-order chi connectivity index (χ1) is 13.4. The van der Waals surface area contributed by atoms with Crippen LogP contribution in [0.4, 0.5) is 10.8 Å². The van der Waals surface area contributed by atoms with Crippen LogP contribution in [0.5, 0.6) is 5.75 Å². The van der Waals surface area contributed by atoms with Crippen molar-refractivity contribution in [2.45, 2.75) is 17.4 Å². The first-order valence-corrected chi connectivity index (χ1v) is 10.5. The first kappa shape index (κ1) is 19.8. The molecular weight excluding hydrogens is 400 g/mol. The van der Waals surface area contributed by atoms with Crippen molar-refractivity contribution in [1.82, 2.24) is 10.2 Å². The van der Waals surface area contributed by atoms with Gasteiger partial charge >= 0.3 is 0 Å². The summed E-state index contributed by atoms with van der Waals surface area (Å²) >= 11 is 0.776. The first-order valence-electron chi connectivity index (χ1n) is 8.28. The maximum atomic E-state index is 12.7. The molecule has 3 rings (SSSR count). The van der Waals surface area contributed by atoms with Gasteiger partial charge in [0, 0.05) is 7.05 Å². The molecule has 28 heavy (non-hydrogen) atoms. The molecule has 10 heteroatoms. The Hall–Kier alpha value is -2.98. The smallest absolute Gasteiger partial charge is 0.293 e. The molecule has 0 saturated heterocycles. The molecule has 0 fully saturated rings. The Balaban J connectivity index is 1.68. The molecule has 0 bridgehead atoms. The van der Waals surface area contributed by atoms with Crippen LogP contribution in [0.3, 0.4) is 0 Å². The largest absolute Gasteiger partial charge is 0.481 e. The van der Waals surface area contributed by atoms with E-state index in [1.165, 1.54) is 7.05 Å². The molecule has 2 aromatic carbocycles. The summed E-state index contributed by atoms with van der Waals surface area (Å²) in [6, 6.07) is 17.5. The summed E-state index contributed by atoms with van der Waals surface area (Å²) in [7, 11) is -2.45. The van der Waals surface area contributed by atoms with Crippen molar-refractivity contribution in [2.75, 3.05) is 16.7 Å². The predicted octanol–water partition coefficient (Wildman–Crippen LogP) is 2.77. The van der Waals surface area contributed by atoms with Crippen LogP contribution >= 0.6 is 11.3 Å². The van der Waals surface area contributed by atoms with E-state index in [1.807, 2.05) is 6.07 Å². The molecule has 0 spiro atoms. The van der Waals surface area contributed by atoms with Gasteiger partial charge in [0.25, 0.3) is 20.3 Å². The zero-order valence-corrected chi connectivity index (χ0v) is 16.8. The summed E-state index contributed by atoms with van der Waals surface area (Å²) in [5.74, 6) is 0.0931. The van der Waals surface area contributed by atoms with Gasteiger partial charge in [-0.15, -0.1) is 10.2 Å². The van der Waals surface area contributed by atoms with Crippen molar-refractivity contribution in [3.05, 3.63) is 60.7 Å². The van der Waals surface area contributed by atoms with Crippen LogP contribution in [0.1, 0.15) is 6.92 Å². The molecule has 1 aromatic heterocycles. The van der Waals surface area contributed by atoms with Crippen LogP contribution in [0.15, 0.2) is 65.0 Å². The molecule has 3 aromatic rings. The molecule has 0 radical (unpaired) electrons. The molecule has 146 valence electrons. The van der Waals surface area contributed by atoms with E-state index < -0.39 is 22.0 Å². The number of nitrogens with one attached hydrogen (secondary N) is 1. The van der Waals surface area contributed by atoms with Gasteiger partial charge in [-0.25, -0.2) is 0 Å². The van der Waals surface area contributed by atoms with Crippen molar-refractivity contribution < 1.29 is 17.9 Å². The Morgan fingerprint density at radius 3 is 2.32 bits per heavy atom. The zero-order chi connectivity index (χ0) is 20.1. The number of benzene rings is 2. The minimum absolute atomic E-state index is 0.0774. The predicted molar refractivity (Wildman–Crippen MR) is 107 cm³/mol. The van der Waals surface area contributed by atoms with E-state index in [2.05, 4.69) is 15.5 Å². The second-order valence-corrected chi connectivity index (χ2v) is 8.86. The molecule has 1 amide bonds. The third-order valence-electron chi connectivity index (χ3n) is 3.76. The van der Waals surface area contributed by atoms with E-state index in [1.54, 1.807) is 61.5 Å². The van der Waals surface area contributed by atoms with E-state index in [0.717, 1.165) is 15.6 Å².